The van der Waals surface area contributed by atoms with Crippen molar-refractivity contribution in [1.29, 1.82) is 0 Å². The summed E-state index contributed by atoms with van der Waals surface area (Å²) >= 11 is 0. The van der Waals surface area contributed by atoms with Crippen LogP contribution in [0.1, 0.15) is 16.9 Å². The van der Waals surface area contributed by atoms with Crippen molar-refractivity contribution in [3.05, 3.63) is 24.0 Å². The maximum absolute atomic E-state index is 11.9. The zero-order valence-electron chi connectivity index (χ0n) is 11.9. The average molecular weight is 278 g/mol. The van der Waals surface area contributed by atoms with Crippen LogP contribution in [0.5, 0.6) is 0 Å². The molecule has 0 bridgehead atoms. The molecule has 2 heterocycles. The second kappa shape index (κ2) is 7.81. The lowest BCUT2D eigenvalue weighted by Crippen LogP contribution is -2.38. The van der Waals surface area contributed by atoms with Crippen LogP contribution in [0.2, 0.25) is 0 Å². The van der Waals surface area contributed by atoms with Gasteiger partial charge in [0.15, 0.2) is 0 Å². The van der Waals surface area contributed by atoms with Gasteiger partial charge in [-0.1, -0.05) is 0 Å². The molecule has 1 aliphatic rings. The van der Waals surface area contributed by atoms with E-state index >= 15 is 0 Å². The van der Waals surface area contributed by atoms with Crippen molar-refractivity contribution < 1.29 is 9.53 Å². The molecule has 6 nitrogen and oxygen atoms in total. The monoisotopic (exact) mass is 278 g/mol. The maximum atomic E-state index is 11.9. The third-order valence-corrected chi connectivity index (χ3v) is 3.33. The number of ether oxygens (including phenoxy) is 1. The van der Waals surface area contributed by atoms with Gasteiger partial charge in [-0.15, -0.1) is 0 Å². The first-order chi connectivity index (χ1) is 9.79. The first-order valence-electron chi connectivity index (χ1n) is 7.01. The van der Waals surface area contributed by atoms with Gasteiger partial charge in [0, 0.05) is 26.7 Å². The Morgan fingerprint density at radius 2 is 2.20 bits per heavy atom. The maximum Gasteiger partial charge on any atom is 0.269 e. The third kappa shape index (κ3) is 4.47. The second-order valence-electron chi connectivity index (χ2n) is 4.75. The smallest absolute Gasteiger partial charge is 0.269 e. The molecule has 0 aromatic carbocycles. The van der Waals surface area contributed by atoms with Crippen molar-refractivity contribution in [1.82, 2.24) is 15.2 Å². The fourth-order valence-electron chi connectivity index (χ4n) is 2.10. The van der Waals surface area contributed by atoms with Gasteiger partial charge in [-0.2, -0.15) is 0 Å². The number of hydrogen-bond donors (Lipinski definition) is 2. The first kappa shape index (κ1) is 14.7. The largest absolute Gasteiger partial charge is 0.387 e. The number of anilines is 1. The van der Waals surface area contributed by atoms with Crippen molar-refractivity contribution in [2.45, 2.75) is 6.42 Å². The molecule has 1 amide bonds. The van der Waals surface area contributed by atoms with E-state index in [9.17, 15) is 4.79 Å². The molecule has 0 atom stereocenters. The molecule has 1 saturated heterocycles. The lowest BCUT2D eigenvalue weighted by Gasteiger charge is -2.26. The van der Waals surface area contributed by atoms with E-state index in [0.29, 0.717) is 12.2 Å². The molecule has 1 fully saturated rings. The molecule has 0 aliphatic carbocycles. The summed E-state index contributed by atoms with van der Waals surface area (Å²) in [4.78, 5) is 18.3. The SMILES string of the molecule is CNc1ccc(C(=O)NCCCN2CCOCC2)nc1. The Morgan fingerprint density at radius 3 is 2.85 bits per heavy atom. The summed E-state index contributed by atoms with van der Waals surface area (Å²) in [6.07, 6.45) is 2.60. The quantitative estimate of drug-likeness (QED) is 0.745. The number of aromatic nitrogens is 1. The van der Waals surface area contributed by atoms with E-state index in [1.807, 2.05) is 13.1 Å². The zero-order chi connectivity index (χ0) is 14.2. The summed E-state index contributed by atoms with van der Waals surface area (Å²) < 4.78 is 5.30. The van der Waals surface area contributed by atoms with E-state index in [2.05, 4.69) is 20.5 Å². The van der Waals surface area contributed by atoms with Gasteiger partial charge in [-0.05, 0) is 25.1 Å². The Kier molecular flexibility index (Phi) is 5.76. The van der Waals surface area contributed by atoms with E-state index in [1.165, 1.54) is 0 Å². The van der Waals surface area contributed by atoms with E-state index in [-0.39, 0.29) is 5.91 Å². The van der Waals surface area contributed by atoms with Gasteiger partial charge < -0.3 is 15.4 Å². The Labute approximate surface area is 119 Å². The summed E-state index contributed by atoms with van der Waals surface area (Å²) in [6, 6.07) is 3.57. The fraction of sp³-hybridized carbons (Fsp3) is 0.571. The van der Waals surface area contributed by atoms with Gasteiger partial charge >= 0.3 is 0 Å². The van der Waals surface area contributed by atoms with Gasteiger partial charge in [-0.25, -0.2) is 4.98 Å². The van der Waals surface area contributed by atoms with Crippen LogP contribution < -0.4 is 10.6 Å². The predicted molar refractivity (Wildman–Crippen MR) is 78.0 cm³/mol. The van der Waals surface area contributed by atoms with Crippen molar-refractivity contribution >= 4 is 11.6 Å². The van der Waals surface area contributed by atoms with E-state index in [0.717, 1.165) is 45.0 Å². The summed E-state index contributed by atoms with van der Waals surface area (Å²) in [6.45, 7) is 5.27. The highest BCUT2D eigenvalue weighted by molar-refractivity contribution is 5.92. The van der Waals surface area contributed by atoms with Gasteiger partial charge in [0.05, 0.1) is 25.1 Å². The molecule has 2 N–H and O–H groups in total. The van der Waals surface area contributed by atoms with Gasteiger partial charge in [0.1, 0.15) is 5.69 Å². The van der Waals surface area contributed by atoms with Crippen LogP contribution in [0.15, 0.2) is 18.3 Å². The van der Waals surface area contributed by atoms with Gasteiger partial charge in [-0.3, -0.25) is 9.69 Å². The van der Waals surface area contributed by atoms with Crippen molar-refractivity contribution in [2.75, 3.05) is 51.8 Å². The molecule has 0 spiro atoms. The van der Waals surface area contributed by atoms with Gasteiger partial charge in [0.2, 0.25) is 0 Å². The Morgan fingerprint density at radius 1 is 1.40 bits per heavy atom. The molecule has 20 heavy (non-hydrogen) atoms. The lowest BCUT2D eigenvalue weighted by atomic mass is 10.3. The van der Waals surface area contributed by atoms with E-state index in [4.69, 9.17) is 4.74 Å². The Bertz CT molecular complexity index is 416. The third-order valence-electron chi connectivity index (χ3n) is 3.33. The highest BCUT2D eigenvalue weighted by atomic mass is 16.5. The van der Waals surface area contributed by atoms with E-state index < -0.39 is 0 Å². The lowest BCUT2D eigenvalue weighted by molar-refractivity contribution is 0.0374. The molecule has 110 valence electrons. The second-order valence-corrected chi connectivity index (χ2v) is 4.75. The van der Waals surface area contributed by atoms with Crippen molar-refractivity contribution in [3.8, 4) is 0 Å². The number of amides is 1. The number of nitrogens with zero attached hydrogens (tertiary/aromatic N) is 2. The van der Waals surface area contributed by atoms with Crippen LogP contribution in [-0.4, -0.2) is 62.2 Å². The first-order valence-corrected chi connectivity index (χ1v) is 7.01. The van der Waals surface area contributed by atoms with Crippen molar-refractivity contribution in [3.63, 3.8) is 0 Å². The molecule has 0 unspecified atom stereocenters. The minimum atomic E-state index is -0.116. The summed E-state index contributed by atoms with van der Waals surface area (Å²) in [5.41, 5.74) is 1.35. The minimum Gasteiger partial charge on any atom is -0.387 e. The highest BCUT2D eigenvalue weighted by Crippen LogP contribution is 2.04. The number of rotatable bonds is 6. The highest BCUT2D eigenvalue weighted by Gasteiger charge is 2.10. The van der Waals surface area contributed by atoms with Crippen LogP contribution in [-0.2, 0) is 4.74 Å². The molecular weight excluding hydrogens is 256 g/mol. The molecule has 6 heteroatoms. The Hall–Kier alpha value is -1.66. The van der Waals surface area contributed by atoms with E-state index in [1.54, 1.807) is 12.3 Å². The number of hydrogen-bond acceptors (Lipinski definition) is 5. The number of carbonyl (C=O) groups excluding carboxylic acids is 1. The topological polar surface area (TPSA) is 66.5 Å². The number of carbonyl (C=O) groups is 1. The van der Waals surface area contributed by atoms with Crippen LogP contribution in [0.3, 0.4) is 0 Å². The van der Waals surface area contributed by atoms with Crippen LogP contribution in [0.25, 0.3) is 0 Å². The molecule has 1 aromatic rings. The van der Waals surface area contributed by atoms with Crippen LogP contribution in [0.4, 0.5) is 5.69 Å². The average Bonchev–Trinajstić information content (AvgIpc) is 2.52. The van der Waals surface area contributed by atoms with Crippen molar-refractivity contribution in [2.24, 2.45) is 0 Å². The molecule has 0 radical (unpaired) electrons. The molecular formula is C14H22N4O2. The minimum absolute atomic E-state index is 0.116. The summed E-state index contributed by atoms with van der Waals surface area (Å²) in [7, 11) is 1.82. The molecule has 1 aliphatic heterocycles. The predicted octanol–water partition coefficient (Wildman–Crippen LogP) is 0.575. The summed E-state index contributed by atoms with van der Waals surface area (Å²) in [5.74, 6) is -0.116. The molecule has 2 rings (SSSR count). The zero-order valence-corrected chi connectivity index (χ0v) is 11.9. The van der Waals surface area contributed by atoms with Crippen LogP contribution in [0, 0.1) is 0 Å². The number of nitrogens with one attached hydrogen (secondary N) is 2. The molecule has 1 aromatic heterocycles. The standard InChI is InChI=1S/C14H22N4O2/c1-15-12-3-4-13(17-11-12)14(19)16-5-2-6-18-7-9-20-10-8-18/h3-4,11,15H,2,5-10H2,1H3,(H,16,19). The number of morpholine rings is 1. The normalized spacial score (nSPS) is 15.8. The van der Waals surface area contributed by atoms with Crippen LogP contribution >= 0.6 is 0 Å². The van der Waals surface area contributed by atoms with Gasteiger partial charge in [0.25, 0.3) is 5.91 Å². The summed E-state index contributed by atoms with van der Waals surface area (Å²) in [5, 5.41) is 5.87. The molecule has 0 saturated carbocycles. The number of pyridine rings is 1. The fourth-order valence-corrected chi connectivity index (χ4v) is 2.10. The Balaban J connectivity index is 1.66.